The van der Waals surface area contributed by atoms with Gasteiger partial charge in [-0.25, -0.2) is 4.98 Å². The summed E-state index contributed by atoms with van der Waals surface area (Å²) >= 11 is 0. The number of para-hydroxylation sites is 2. The average molecular weight is 526 g/mol. The molecular formula is C34H27N3O3. The van der Waals surface area contributed by atoms with Crippen LogP contribution in [0.4, 0.5) is 0 Å². The second-order valence-electron chi connectivity index (χ2n) is 9.05. The lowest BCUT2D eigenvalue weighted by molar-refractivity contribution is 0.480. The molecule has 3 N–H and O–H groups in total. The summed E-state index contributed by atoms with van der Waals surface area (Å²) in [7, 11) is 0. The van der Waals surface area contributed by atoms with Crippen LogP contribution in [0, 0.1) is 6.92 Å². The maximum atomic E-state index is 9.78. The number of phenols is 3. The smallest absolute Gasteiger partial charge is 0.141 e. The summed E-state index contributed by atoms with van der Waals surface area (Å²) in [4.78, 5) is 12.5. The highest BCUT2D eigenvalue weighted by Gasteiger charge is 2.07. The highest BCUT2D eigenvalue weighted by molar-refractivity contribution is 5.97. The Bertz CT molecular complexity index is 1900. The van der Waals surface area contributed by atoms with Gasteiger partial charge in [0.05, 0.1) is 0 Å². The van der Waals surface area contributed by atoms with Gasteiger partial charge < -0.3 is 15.3 Å². The molecule has 6 heteroatoms. The molecule has 0 fully saturated rings. The molecule has 0 atom stereocenters. The Labute approximate surface area is 231 Å². The number of hydrogen-bond acceptors (Lipinski definition) is 6. The number of nitrogens with zero attached hydrogens (tertiary/aromatic N) is 3. The molecule has 7 aromatic rings. The Morgan fingerprint density at radius 2 is 1.07 bits per heavy atom. The van der Waals surface area contributed by atoms with Crippen LogP contribution in [0.1, 0.15) is 5.69 Å². The monoisotopic (exact) mass is 525 g/mol. The van der Waals surface area contributed by atoms with Crippen molar-refractivity contribution in [2.75, 3.05) is 0 Å². The van der Waals surface area contributed by atoms with Crippen LogP contribution >= 0.6 is 0 Å². The van der Waals surface area contributed by atoms with E-state index >= 15 is 0 Å². The largest absolute Gasteiger partial charge is 0.506 e. The van der Waals surface area contributed by atoms with E-state index in [2.05, 4.69) is 27.1 Å². The number of phenolic OH excluding ortho intramolecular Hbond substituents is 3. The van der Waals surface area contributed by atoms with E-state index in [9.17, 15) is 15.3 Å². The molecule has 0 saturated carbocycles. The molecule has 0 aliphatic heterocycles. The van der Waals surface area contributed by atoms with Crippen molar-refractivity contribution >= 4 is 32.7 Å². The number of aromatic hydroxyl groups is 3. The van der Waals surface area contributed by atoms with Gasteiger partial charge in [0.2, 0.25) is 0 Å². The predicted octanol–water partition coefficient (Wildman–Crippen LogP) is 7.80. The first-order valence-electron chi connectivity index (χ1n) is 12.7. The predicted molar refractivity (Wildman–Crippen MR) is 160 cm³/mol. The van der Waals surface area contributed by atoms with Crippen molar-refractivity contribution in [1.82, 2.24) is 15.0 Å². The lowest BCUT2D eigenvalue weighted by Gasteiger charge is -2.07. The topological polar surface area (TPSA) is 99.4 Å². The van der Waals surface area contributed by atoms with Crippen LogP contribution in [0.15, 0.2) is 128 Å². The van der Waals surface area contributed by atoms with Gasteiger partial charge >= 0.3 is 0 Å². The SMILES string of the molecule is Cc1ccc2cccc(O)c2n1.Oc1ccc(-c2ccccc2)c2cccnc12.Oc1cccc2cccnc12. The molecule has 0 aliphatic rings. The molecular weight excluding hydrogens is 498 g/mol. The van der Waals surface area contributed by atoms with Crippen LogP contribution in [0.5, 0.6) is 17.2 Å². The van der Waals surface area contributed by atoms with E-state index in [0.717, 1.165) is 33.0 Å². The Hall–Kier alpha value is -5.49. The third-order valence-corrected chi connectivity index (χ3v) is 6.28. The van der Waals surface area contributed by atoms with Gasteiger partial charge in [-0.15, -0.1) is 0 Å². The molecule has 3 heterocycles. The van der Waals surface area contributed by atoms with Gasteiger partial charge in [0, 0.05) is 34.2 Å². The van der Waals surface area contributed by atoms with Gasteiger partial charge in [0.15, 0.2) is 0 Å². The molecule has 3 aromatic heterocycles. The molecule has 0 saturated heterocycles. The van der Waals surface area contributed by atoms with Crippen LogP contribution in [-0.4, -0.2) is 30.3 Å². The fourth-order valence-corrected chi connectivity index (χ4v) is 4.34. The number of hydrogen-bond donors (Lipinski definition) is 3. The summed E-state index contributed by atoms with van der Waals surface area (Å²) in [6.07, 6.45) is 3.36. The number of fused-ring (bicyclic) bond motifs is 3. The summed E-state index contributed by atoms with van der Waals surface area (Å²) in [5, 5.41) is 31.4. The molecule has 4 aromatic carbocycles. The summed E-state index contributed by atoms with van der Waals surface area (Å²) in [6, 6.07) is 36.0. The van der Waals surface area contributed by atoms with E-state index in [0.29, 0.717) is 16.6 Å². The molecule has 0 radical (unpaired) electrons. The molecule has 0 unspecified atom stereocenters. The maximum absolute atomic E-state index is 9.78. The van der Waals surface area contributed by atoms with E-state index in [1.807, 2.05) is 85.8 Å². The molecule has 40 heavy (non-hydrogen) atoms. The molecule has 196 valence electrons. The van der Waals surface area contributed by atoms with Gasteiger partial charge in [-0.2, -0.15) is 0 Å². The molecule has 0 aliphatic carbocycles. The highest BCUT2D eigenvalue weighted by Crippen LogP contribution is 2.32. The number of aromatic nitrogens is 3. The van der Waals surface area contributed by atoms with E-state index in [1.165, 1.54) is 0 Å². The Morgan fingerprint density at radius 1 is 0.475 bits per heavy atom. The highest BCUT2D eigenvalue weighted by atomic mass is 16.3. The number of rotatable bonds is 1. The summed E-state index contributed by atoms with van der Waals surface area (Å²) in [6.45, 7) is 1.91. The van der Waals surface area contributed by atoms with Crippen molar-refractivity contribution < 1.29 is 15.3 Å². The summed E-state index contributed by atoms with van der Waals surface area (Å²) in [5.41, 5.74) is 5.13. The van der Waals surface area contributed by atoms with Crippen LogP contribution in [0.25, 0.3) is 43.8 Å². The van der Waals surface area contributed by atoms with Gasteiger partial charge in [-0.1, -0.05) is 72.8 Å². The first-order valence-corrected chi connectivity index (χ1v) is 12.7. The van der Waals surface area contributed by atoms with E-state index < -0.39 is 0 Å². The lowest BCUT2D eigenvalue weighted by atomic mass is 10.0. The standard InChI is InChI=1S/C15H11NO.C10H9NO.C9H7NO/c17-14-9-8-12(11-5-2-1-3-6-11)13-7-4-10-16-15(13)14;1-7-5-6-8-3-2-4-9(12)10(8)11-7;11-8-5-1-3-7-4-2-6-10-9(7)8/h1-10,17H;2-6,12H,1H3;1-6,11H. The summed E-state index contributed by atoms with van der Waals surface area (Å²) < 4.78 is 0. The first-order chi connectivity index (χ1) is 19.5. The molecule has 6 nitrogen and oxygen atoms in total. The molecule has 0 bridgehead atoms. The zero-order valence-electron chi connectivity index (χ0n) is 21.8. The second kappa shape index (κ2) is 11.9. The number of benzene rings is 4. The zero-order chi connectivity index (χ0) is 27.9. The minimum Gasteiger partial charge on any atom is -0.506 e. The van der Waals surface area contributed by atoms with Crippen molar-refractivity contribution in [3.05, 3.63) is 133 Å². The zero-order valence-corrected chi connectivity index (χ0v) is 21.8. The Morgan fingerprint density at radius 3 is 1.80 bits per heavy atom. The first kappa shape index (κ1) is 26.1. The minimum atomic E-state index is 0.222. The van der Waals surface area contributed by atoms with Crippen LogP contribution in [0.3, 0.4) is 0 Å². The number of aryl methyl sites for hydroxylation is 1. The molecule has 7 rings (SSSR count). The van der Waals surface area contributed by atoms with Crippen molar-refractivity contribution in [2.24, 2.45) is 0 Å². The third kappa shape index (κ3) is 5.81. The van der Waals surface area contributed by atoms with Gasteiger partial charge in [-0.05, 0) is 60.5 Å². The van der Waals surface area contributed by atoms with Gasteiger partial charge in [0.25, 0.3) is 0 Å². The van der Waals surface area contributed by atoms with Crippen molar-refractivity contribution in [1.29, 1.82) is 0 Å². The quantitative estimate of drug-likeness (QED) is 0.202. The normalized spacial score (nSPS) is 10.4. The lowest BCUT2D eigenvalue weighted by Crippen LogP contribution is -1.84. The van der Waals surface area contributed by atoms with E-state index in [4.69, 9.17) is 0 Å². The van der Waals surface area contributed by atoms with Gasteiger partial charge in [0.1, 0.15) is 33.8 Å². The van der Waals surface area contributed by atoms with Crippen LogP contribution < -0.4 is 0 Å². The van der Waals surface area contributed by atoms with Crippen molar-refractivity contribution in [3.8, 4) is 28.4 Å². The fourth-order valence-electron chi connectivity index (χ4n) is 4.34. The van der Waals surface area contributed by atoms with Crippen LogP contribution in [0.2, 0.25) is 0 Å². The maximum Gasteiger partial charge on any atom is 0.141 e. The third-order valence-electron chi connectivity index (χ3n) is 6.28. The number of pyridine rings is 3. The van der Waals surface area contributed by atoms with Crippen LogP contribution in [-0.2, 0) is 0 Å². The van der Waals surface area contributed by atoms with Crippen molar-refractivity contribution in [2.45, 2.75) is 6.92 Å². The Balaban J connectivity index is 0.000000125. The molecule has 0 spiro atoms. The van der Waals surface area contributed by atoms with E-state index in [1.54, 1.807) is 36.7 Å². The van der Waals surface area contributed by atoms with Crippen molar-refractivity contribution in [3.63, 3.8) is 0 Å². The minimum absolute atomic E-state index is 0.222. The molecule has 0 amide bonds. The van der Waals surface area contributed by atoms with Gasteiger partial charge in [-0.3, -0.25) is 9.97 Å². The average Bonchev–Trinajstić information content (AvgIpc) is 2.99. The summed E-state index contributed by atoms with van der Waals surface area (Å²) in [5.74, 6) is 0.708. The second-order valence-corrected chi connectivity index (χ2v) is 9.05. The fraction of sp³-hybridized carbons (Fsp3) is 0.0294. The Kier molecular flexibility index (Phi) is 7.79. The van der Waals surface area contributed by atoms with E-state index in [-0.39, 0.29) is 17.2 Å².